The van der Waals surface area contributed by atoms with Gasteiger partial charge in [-0.3, -0.25) is 0 Å². The molecule has 2 fully saturated rings. The van der Waals surface area contributed by atoms with E-state index in [0.29, 0.717) is 18.4 Å². The average molecular weight is 289 g/mol. The molecule has 112 valence electrons. The third-order valence-corrected chi connectivity index (χ3v) is 6.59. The van der Waals surface area contributed by atoms with E-state index in [4.69, 9.17) is 4.74 Å². The molecular weight excluding hydrogens is 264 g/mol. The fraction of sp³-hybridized carbons (Fsp3) is 1.00. The van der Waals surface area contributed by atoms with Crippen LogP contribution in [0.1, 0.15) is 52.4 Å². The summed E-state index contributed by atoms with van der Waals surface area (Å²) in [7, 11) is -4.27. The van der Waals surface area contributed by atoms with E-state index in [2.05, 4.69) is 13.8 Å². The van der Waals surface area contributed by atoms with Crippen molar-refractivity contribution < 1.29 is 17.7 Å². The average Bonchev–Trinajstić information content (AvgIpc) is 2.37. The number of hydrogen-bond donors (Lipinski definition) is 0. The van der Waals surface area contributed by atoms with Gasteiger partial charge >= 0.3 is 0 Å². The minimum Gasteiger partial charge on any atom is -0.748 e. The molecule has 19 heavy (non-hydrogen) atoms. The molecule has 0 radical (unpaired) electrons. The van der Waals surface area contributed by atoms with Gasteiger partial charge in [0.05, 0.1) is 11.9 Å². The maximum atomic E-state index is 11.6. The summed E-state index contributed by atoms with van der Waals surface area (Å²) in [5, 5.41) is -0.836. The van der Waals surface area contributed by atoms with Gasteiger partial charge in [0, 0.05) is 6.61 Å². The normalized spacial score (nSPS) is 40.5. The number of rotatable bonds is 3. The lowest BCUT2D eigenvalue weighted by atomic mass is 9.61. The van der Waals surface area contributed by atoms with Crippen molar-refractivity contribution in [3.8, 4) is 0 Å². The van der Waals surface area contributed by atoms with E-state index in [9.17, 15) is 13.0 Å². The van der Waals surface area contributed by atoms with Crippen molar-refractivity contribution in [3.05, 3.63) is 0 Å². The Bertz CT molecular complexity index is 392. The first kappa shape index (κ1) is 15.3. The molecule has 1 spiro atoms. The van der Waals surface area contributed by atoms with Gasteiger partial charge in [-0.15, -0.1) is 0 Å². The third-order valence-electron chi connectivity index (χ3n) is 5.26. The van der Waals surface area contributed by atoms with Crippen LogP contribution >= 0.6 is 0 Å². The summed E-state index contributed by atoms with van der Waals surface area (Å²) in [4.78, 5) is 0. The SMILES string of the molecule is CCC1CC(CC)CC2(CCOCC2S(=O)(=O)[O-])C1. The molecule has 0 aromatic rings. The lowest BCUT2D eigenvalue weighted by Crippen LogP contribution is -2.51. The molecule has 0 aromatic heterocycles. The highest BCUT2D eigenvalue weighted by Gasteiger charge is 2.49. The van der Waals surface area contributed by atoms with Gasteiger partial charge in [0.15, 0.2) is 0 Å². The summed E-state index contributed by atoms with van der Waals surface area (Å²) in [5.74, 6) is 1.11. The second-order valence-corrected chi connectivity index (χ2v) is 7.92. The highest BCUT2D eigenvalue weighted by atomic mass is 32.2. The van der Waals surface area contributed by atoms with Crippen LogP contribution in [0.2, 0.25) is 0 Å². The Kier molecular flexibility index (Phi) is 4.58. The number of ether oxygens (including phenoxy) is 1. The van der Waals surface area contributed by atoms with Crippen LogP contribution in [-0.4, -0.2) is 31.4 Å². The van der Waals surface area contributed by atoms with Gasteiger partial charge in [0.25, 0.3) is 0 Å². The Balaban J connectivity index is 2.30. The van der Waals surface area contributed by atoms with Crippen molar-refractivity contribution in [2.75, 3.05) is 13.2 Å². The Hall–Kier alpha value is -0.130. The van der Waals surface area contributed by atoms with Gasteiger partial charge in [-0.05, 0) is 42.9 Å². The van der Waals surface area contributed by atoms with Crippen LogP contribution in [0.25, 0.3) is 0 Å². The Morgan fingerprint density at radius 1 is 1.21 bits per heavy atom. The lowest BCUT2D eigenvalue weighted by molar-refractivity contribution is -0.0311. The third kappa shape index (κ3) is 3.14. The highest BCUT2D eigenvalue weighted by Crippen LogP contribution is 2.51. The van der Waals surface area contributed by atoms with Gasteiger partial charge in [-0.2, -0.15) is 0 Å². The Morgan fingerprint density at radius 2 is 1.79 bits per heavy atom. The molecule has 3 unspecified atom stereocenters. The fourth-order valence-electron chi connectivity index (χ4n) is 4.15. The second kappa shape index (κ2) is 5.70. The second-order valence-electron chi connectivity index (χ2n) is 6.36. The predicted octanol–water partition coefficient (Wildman–Crippen LogP) is 2.54. The molecule has 1 heterocycles. The first-order chi connectivity index (χ1) is 8.91. The monoisotopic (exact) mass is 289 g/mol. The van der Waals surface area contributed by atoms with Gasteiger partial charge in [0.1, 0.15) is 10.1 Å². The predicted molar refractivity (Wildman–Crippen MR) is 72.8 cm³/mol. The van der Waals surface area contributed by atoms with Crippen molar-refractivity contribution >= 4 is 10.1 Å². The van der Waals surface area contributed by atoms with E-state index >= 15 is 0 Å². The summed E-state index contributed by atoms with van der Waals surface area (Å²) in [6.07, 6.45) is 5.83. The van der Waals surface area contributed by atoms with Crippen LogP contribution in [0.15, 0.2) is 0 Å². The van der Waals surface area contributed by atoms with E-state index in [1.807, 2.05) is 0 Å². The smallest absolute Gasteiger partial charge is 0.100 e. The number of hydrogen-bond acceptors (Lipinski definition) is 4. The zero-order valence-corrected chi connectivity index (χ0v) is 12.7. The minimum atomic E-state index is -4.27. The highest BCUT2D eigenvalue weighted by molar-refractivity contribution is 7.86. The molecule has 3 atom stereocenters. The van der Waals surface area contributed by atoms with Crippen LogP contribution in [0.4, 0.5) is 0 Å². The van der Waals surface area contributed by atoms with E-state index in [-0.39, 0.29) is 12.0 Å². The molecule has 5 heteroatoms. The summed E-state index contributed by atoms with van der Waals surface area (Å²) < 4.78 is 40.1. The molecule has 1 saturated heterocycles. The Labute approximate surface area is 116 Å². The zero-order valence-electron chi connectivity index (χ0n) is 11.9. The van der Waals surface area contributed by atoms with Crippen molar-refractivity contribution in [3.63, 3.8) is 0 Å². The molecule has 2 aliphatic rings. The Morgan fingerprint density at radius 3 is 2.26 bits per heavy atom. The summed E-state index contributed by atoms with van der Waals surface area (Å²) >= 11 is 0. The minimum absolute atomic E-state index is 0.0959. The van der Waals surface area contributed by atoms with Crippen LogP contribution < -0.4 is 0 Å². The van der Waals surface area contributed by atoms with Crippen molar-refractivity contribution in [1.29, 1.82) is 0 Å². The van der Waals surface area contributed by atoms with Gasteiger partial charge in [-0.1, -0.05) is 26.7 Å². The van der Waals surface area contributed by atoms with E-state index in [1.165, 1.54) is 6.42 Å². The molecule has 0 amide bonds. The molecule has 4 nitrogen and oxygen atoms in total. The molecule has 0 N–H and O–H groups in total. The topological polar surface area (TPSA) is 66.4 Å². The van der Waals surface area contributed by atoms with Crippen molar-refractivity contribution in [2.45, 2.75) is 57.6 Å². The van der Waals surface area contributed by atoms with E-state index < -0.39 is 15.4 Å². The molecular formula is C14H25O4S-. The zero-order chi connectivity index (χ0) is 14.1. The van der Waals surface area contributed by atoms with Crippen LogP contribution in [0.3, 0.4) is 0 Å². The van der Waals surface area contributed by atoms with E-state index in [0.717, 1.165) is 32.1 Å². The quantitative estimate of drug-likeness (QED) is 0.749. The standard InChI is InChI=1S/C14H26O4S/c1-3-11-7-12(4-2)9-14(8-11)5-6-18-10-13(14)19(15,16)17/h11-13H,3-10H2,1-2H3,(H,15,16,17)/p-1. The summed E-state index contributed by atoms with van der Waals surface area (Å²) in [6, 6.07) is 0. The van der Waals surface area contributed by atoms with Crippen LogP contribution in [0.5, 0.6) is 0 Å². The molecule has 0 aromatic carbocycles. The first-order valence-electron chi connectivity index (χ1n) is 7.43. The lowest BCUT2D eigenvalue weighted by Gasteiger charge is -2.51. The van der Waals surface area contributed by atoms with Crippen molar-refractivity contribution in [2.24, 2.45) is 17.3 Å². The maximum absolute atomic E-state index is 11.6. The van der Waals surface area contributed by atoms with E-state index in [1.54, 1.807) is 0 Å². The maximum Gasteiger partial charge on any atom is 0.100 e. The van der Waals surface area contributed by atoms with Crippen LogP contribution in [0, 0.1) is 17.3 Å². The van der Waals surface area contributed by atoms with Gasteiger partial charge in [0.2, 0.25) is 0 Å². The summed E-state index contributed by atoms with van der Waals surface area (Å²) in [5.41, 5.74) is -0.321. The summed E-state index contributed by atoms with van der Waals surface area (Å²) in [6.45, 7) is 5.02. The molecule has 1 saturated carbocycles. The van der Waals surface area contributed by atoms with Crippen LogP contribution in [-0.2, 0) is 14.9 Å². The molecule has 2 rings (SSSR count). The molecule has 1 aliphatic carbocycles. The van der Waals surface area contributed by atoms with Crippen molar-refractivity contribution in [1.82, 2.24) is 0 Å². The first-order valence-corrected chi connectivity index (χ1v) is 8.91. The molecule has 0 bridgehead atoms. The van der Waals surface area contributed by atoms with Gasteiger partial charge in [-0.25, -0.2) is 8.42 Å². The fourth-order valence-corrected chi connectivity index (χ4v) is 5.34. The largest absolute Gasteiger partial charge is 0.748 e. The van der Waals surface area contributed by atoms with Gasteiger partial charge < -0.3 is 9.29 Å². The molecule has 1 aliphatic heterocycles.